The topological polar surface area (TPSA) is 40.5 Å². The van der Waals surface area contributed by atoms with Gasteiger partial charge in [0.25, 0.3) is 0 Å². The predicted octanol–water partition coefficient (Wildman–Crippen LogP) is 1.83. The highest BCUT2D eigenvalue weighted by molar-refractivity contribution is 5.76. The maximum atomic E-state index is 11.1. The van der Waals surface area contributed by atoms with E-state index in [1.54, 1.807) is 0 Å². The van der Waals surface area contributed by atoms with Gasteiger partial charge < -0.3 is 10.0 Å². The SMILES string of the molecule is CC(C)CN(C)CC1(C(=O)O)CCC1. The Kier molecular flexibility index (Phi) is 3.53. The Bertz CT molecular complexity index is 209. The zero-order valence-corrected chi connectivity index (χ0v) is 9.42. The maximum Gasteiger partial charge on any atom is 0.310 e. The molecule has 1 aliphatic rings. The minimum absolute atomic E-state index is 0.427. The minimum Gasteiger partial charge on any atom is -0.481 e. The molecule has 0 bridgehead atoms. The van der Waals surface area contributed by atoms with Crippen LogP contribution in [0.5, 0.6) is 0 Å². The van der Waals surface area contributed by atoms with Gasteiger partial charge in [0.2, 0.25) is 0 Å². The van der Waals surface area contributed by atoms with Crippen LogP contribution in [0.15, 0.2) is 0 Å². The number of aliphatic carboxylic acids is 1. The van der Waals surface area contributed by atoms with Gasteiger partial charge in [0, 0.05) is 13.1 Å². The molecular weight excluding hydrogens is 178 g/mol. The number of rotatable bonds is 5. The average Bonchev–Trinajstić information content (AvgIpc) is 1.94. The normalized spacial score (nSPS) is 19.8. The van der Waals surface area contributed by atoms with E-state index in [4.69, 9.17) is 5.11 Å². The highest BCUT2D eigenvalue weighted by Gasteiger charge is 2.44. The van der Waals surface area contributed by atoms with Crippen LogP contribution in [0, 0.1) is 11.3 Å². The molecule has 0 amide bonds. The lowest BCUT2D eigenvalue weighted by atomic mass is 9.68. The van der Waals surface area contributed by atoms with E-state index in [1.165, 1.54) is 0 Å². The van der Waals surface area contributed by atoms with Gasteiger partial charge in [-0.25, -0.2) is 0 Å². The molecule has 1 rings (SSSR count). The van der Waals surface area contributed by atoms with Gasteiger partial charge in [-0.05, 0) is 25.8 Å². The number of carboxylic acids is 1. The van der Waals surface area contributed by atoms with Crippen molar-refractivity contribution in [3.63, 3.8) is 0 Å². The van der Waals surface area contributed by atoms with Crippen LogP contribution in [-0.4, -0.2) is 36.1 Å². The van der Waals surface area contributed by atoms with E-state index in [9.17, 15) is 4.79 Å². The summed E-state index contributed by atoms with van der Waals surface area (Å²) < 4.78 is 0. The zero-order valence-electron chi connectivity index (χ0n) is 9.42. The summed E-state index contributed by atoms with van der Waals surface area (Å²) in [4.78, 5) is 13.2. The van der Waals surface area contributed by atoms with Crippen molar-refractivity contribution in [3.05, 3.63) is 0 Å². The lowest BCUT2D eigenvalue weighted by molar-refractivity contribution is -0.156. The van der Waals surface area contributed by atoms with Crippen molar-refractivity contribution in [3.8, 4) is 0 Å². The van der Waals surface area contributed by atoms with E-state index in [-0.39, 0.29) is 0 Å². The summed E-state index contributed by atoms with van der Waals surface area (Å²) in [5.41, 5.74) is -0.427. The van der Waals surface area contributed by atoms with Crippen molar-refractivity contribution in [1.82, 2.24) is 4.90 Å². The fraction of sp³-hybridized carbons (Fsp3) is 0.909. The van der Waals surface area contributed by atoms with Gasteiger partial charge in [-0.2, -0.15) is 0 Å². The summed E-state index contributed by atoms with van der Waals surface area (Å²) in [5.74, 6) is -0.00900. The van der Waals surface area contributed by atoms with Crippen LogP contribution < -0.4 is 0 Å². The van der Waals surface area contributed by atoms with Crippen molar-refractivity contribution >= 4 is 5.97 Å². The van der Waals surface area contributed by atoms with E-state index in [0.29, 0.717) is 12.5 Å². The van der Waals surface area contributed by atoms with E-state index in [0.717, 1.165) is 25.8 Å². The summed E-state index contributed by atoms with van der Waals surface area (Å²) in [6, 6.07) is 0. The molecular formula is C11H21NO2. The molecule has 0 heterocycles. The maximum absolute atomic E-state index is 11.1. The van der Waals surface area contributed by atoms with Crippen LogP contribution in [0.4, 0.5) is 0 Å². The Morgan fingerprint density at radius 1 is 1.50 bits per heavy atom. The fourth-order valence-corrected chi connectivity index (χ4v) is 2.25. The van der Waals surface area contributed by atoms with Gasteiger partial charge in [-0.15, -0.1) is 0 Å². The lowest BCUT2D eigenvalue weighted by Gasteiger charge is -2.40. The van der Waals surface area contributed by atoms with Crippen molar-refractivity contribution in [2.24, 2.45) is 11.3 Å². The molecule has 0 aromatic rings. The van der Waals surface area contributed by atoms with E-state index >= 15 is 0 Å². The van der Waals surface area contributed by atoms with Crippen LogP contribution >= 0.6 is 0 Å². The monoisotopic (exact) mass is 199 g/mol. The van der Waals surface area contributed by atoms with Crippen molar-refractivity contribution < 1.29 is 9.90 Å². The fourth-order valence-electron chi connectivity index (χ4n) is 2.25. The molecule has 0 spiro atoms. The number of hydrogen-bond donors (Lipinski definition) is 1. The second-order valence-corrected chi connectivity index (χ2v) is 5.03. The quantitative estimate of drug-likeness (QED) is 0.734. The molecule has 1 saturated carbocycles. The number of hydrogen-bond acceptors (Lipinski definition) is 2. The molecule has 3 nitrogen and oxygen atoms in total. The molecule has 1 aliphatic carbocycles. The summed E-state index contributed by atoms with van der Waals surface area (Å²) in [6.07, 6.45) is 2.78. The molecule has 0 aliphatic heterocycles. The average molecular weight is 199 g/mol. The van der Waals surface area contributed by atoms with Gasteiger partial charge in [-0.3, -0.25) is 4.79 Å². The Hall–Kier alpha value is -0.570. The molecule has 0 atom stereocenters. The number of carboxylic acid groups (broad SMARTS) is 1. The van der Waals surface area contributed by atoms with Crippen LogP contribution in [0.1, 0.15) is 33.1 Å². The zero-order chi connectivity index (χ0) is 10.8. The molecule has 0 radical (unpaired) electrons. The third-order valence-corrected chi connectivity index (χ3v) is 3.01. The molecule has 0 aromatic carbocycles. The van der Waals surface area contributed by atoms with Crippen molar-refractivity contribution in [1.29, 1.82) is 0 Å². The van der Waals surface area contributed by atoms with Crippen LogP contribution in [0.3, 0.4) is 0 Å². The molecule has 82 valence electrons. The molecule has 0 saturated heterocycles. The molecule has 1 fully saturated rings. The third-order valence-electron chi connectivity index (χ3n) is 3.01. The smallest absolute Gasteiger partial charge is 0.310 e. The second kappa shape index (κ2) is 4.30. The summed E-state index contributed by atoms with van der Waals surface area (Å²) in [6.45, 7) is 6.00. The first-order valence-corrected chi connectivity index (χ1v) is 5.38. The van der Waals surface area contributed by atoms with Gasteiger partial charge in [0.15, 0.2) is 0 Å². The summed E-state index contributed by atoms with van der Waals surface area (Å²) >= 11 is 0. The first-order valence-electron chi connectivity index (χ1n) is 5.38. The van der Waals surface area contributed by atoms with Crippen LogP contribution in [0.25, 0.3) is 0 Å². The Morgan fingerprint density at radius 3 is 2.36 bits per heavy atom. The Labute approximate surface area is 86.1 Å². The first-order chi connectivity index (χ1) is 6.46. The van der Waals surface area contributed by atoms with Crippen LogP contribution in [0.2, 0.25) is 0 Å². The van der Waals surface area contributed by atoms with Gasteiger partial charge in [-0.1, -0.05) is 20.3 Å². The predicted molar refractivity (Wildman–Crippen MR) is 56.3 cm³/mol. The highest BCUT2D eigenvalue weighted by atomic mass is 16.4. The lowest BCUT2D eigenvalue weighted by Crippen LogP contribution is -2.47. The van der Waals surface area contributed by atoms with E-state index < -0.39 is 11.4 Å². The number of carbonyl (C=O) groups is 1. The third kappa shape index (κ3) is 2.47. The van der Waals surface area contributed by atoms with Gasteiger partial charge in [0.05, 0.1) is 5.41 Å². The van der Waals surface area contributed by atoms with Gasteiger partial charge >= 0.3 is 5.97 Å². The largest absolute Gasteiger partial charge is 0.481 e. The second-order valence-electron chi connectivity index (χ2n) is 5.03. The van der Waals surface area contributed by atoms with Gasteiger partial charge in [0.1, 0.15) is 0 Å². The Balaban J connectivity index is 2.44. The van der Waals surface area contributed by atoms with Crippen LogP contribution in [-0.2, 0) is 4.79 Å². The highest BCUT2D eigenvalue weighted by Crippen LogP contribution is 2.41. The molecule has 3 heteroatoms. The standard InChI is InChI=1S/C11H21NO2/c1-9(2)7-12(3)8-11(10(13)14)5-4-6-11/h9H,4-8H2,1-3H3,(H,13,14). The summed E-state index contributed by atoms with van der Waals surface area (Å²) in [7, 11) is 2.02. The molecule has 0 unspecified atom stereocenters. The minimum atomic E-state index is -0.612. The van der Waals surface area contributed by atoms with Crippen molar-refractivity contribution in [2.45, 2.75) is 33.1 Å². The van der Waals surface area contributed by atoms with E-state index in [2.05, 4.69) is 18.7 Å². The number of nitrogens with zero attached hydrogens (tertiary/aromatic N) is 1. The molecule has 14 heavy (non-hydrogen) atoms. The molecule has 1 N–H and O–H groups in total. The first kappa shape index (κ1) is 11.5. The van der Waals surface area contributed by atoms with E-state index in [1.807, 2.05) is 7.05 Å². The Morgan fingerprint density at radius 2 is 2.07 bits per heavy atom. The molecule has 0 aromatic heterocycles. The summed E-state index contributed by atoms with van der Waals surface area (Å²) in [5, 5.41) is 9.14. The van der Waals surface area contributed by atoms with Crippen molar-refractivity contribution in [2.75, 3.05) is 20.1 Å².